The highest BCUT2D eigenvalue weighted by Gasteiger charge is 2.22. The Morgan fingerprint density at radius 2 is 2.06 bits per heavy atom. The number of anilines is 1. The van der Waals surface area contributed by atoms with Crippen LogP contribution in [0.2, 0.25) is 0 Å². The maximum Gasteiger partial charge on any atom is 0.151 e. The highest BCUT2D eigenvalue weighted by molar-refractivity contribution is 5.75. The molecule has 98 valence electrons. The predicted octanol–water partition coefficient (Wildman–Crippen LogP) is 1.73. The Hall–Kier alpha value is -1.42. The fourth-order valence-corrected chi connectivity index (χ4v) is 2.58. The Morgan fingerprint density at radius 3 is 2.56 bits per heavy atom. The van der Waals surface area contributed by atoms with Crippen molar-refractivity contribution in [2.24, 2.45) is 0 Å². The summed E-state index contributed by atoms with van der Waals surface area (Å²) in [4.78, 5) is 19.8. The molecule has 0 atom stereocenters. The lowest BCUT2D eigenvalue weighted by molar-refractivity contribution is 0.112. The van der Waals surface area contributed by atoms with Gasteiger partial charge in [-0.3, -0.25) is 4.79 Å². The minimum Gasteiger partial charge on any atom is -0.356 e. The number of aromatic nitrogens is 1. The third-order valence-electron chi connectivity index (χ3n) is 3.70. The van der Waals surface area contributed by atoms with E-state index in [9.17, 15) is 4.79 Å². The van der Waals surface area contributed by atoms with Crippen molar-refractivity contribution in [3.63, 3.8) is 0 Å². The van der Waals surface area contributed by atoms with Gasteiger partial charge in [0.1, 0.15) is 5.82 Å². The molecule has 1 aromatic heterocycles. The molecule has 18 heavy (non-hydrogen) atoms. The lowest BCUT2D eigenvalue weighted by atomic mass is 10.0. The van der Waals surface area contributed by atoms with Crippen molar-refractivity contribution in [2.45, 2.75) is 25.8 Å². The van der Waals surface area contributed by atoms with Crippen molar-refractivity contribution < 1.29 is 4.79 Å². The third-order valence-corrected chi connectivity index (χ3v) is 3.70. The SMILES string of the molecule is Cc1cc(C=O)cnc1N1CCC(N(C)C)CC1. The molecular weight excluding hydrogens is 226 g/mol. The number of carbonyl (C=O) groups excluding carboxylic acids is 1. The number of aryl methyl sites for hydroxylation is 1. The zero-order chi connectivity index (χ0) is 13.1. The Labute approximate surface area is 109 Å². The van der Waals surface area contributed by atoms with Crippen LogP contribution in [0.25, 0.3) is 0 Å². The maximum absolute atomic E-state index is 10.7. The Morgan fingerprint density at radius 1 is 1.39 bits per heavy atom. The van der Waals surface area contributed by atoms with Gasteiger partial charge in [-0.05, 0) is 45.5 Å². The molecule has 0 unspecified atom stereocenters. The first-order chi connectivity index (χ1) is 8.61. The fourth-order valence-electron chi connectivity index (χ4n) is 2.58. The molecule has 1 aliphatic heterocycles. The van der Waals surface area contributed by atoms with Crippen molar-refractivity contribution in [2.75, 3.05) is 32.1 Å². The summed E-state index contributed by atoms with van der Waals surface area (Å²) in [6.07, 6.45) is 4.85. The predicted molar refractivity (Wildman–Crippen MR) is 73.3 cm³/mol. The quantitative estimate of drug-likeness (QED) is 0.762. The molecule has 1 fully saturated rings. The number of rotatable bonds is 3. The van der Waals surface area contributed by atoms with Gasteiger partial charge in [-0.1, -0.05) is 0 Å². The summed E-state index contributed by atoms with van der Waals surface area (Å²) in [5.74, 6) is 1.03. The number of hydrogen-bond donors (Lipinski definition) is 0. The van der Waals surface area contributed by atoms with E-state index in [0.29, 0.717) is 11.6 Å². The van der Waals surface area contributed by atoms with Gasteiger partial charge in [0.15, 0.2) is 6.29 Å². The summed E-state index contributed by atoms with van der Waals surface area (Å²) in [6, 6.07) is 2.59. The molecule has 1 saturated heterocycles. The number of piperidine rings is 1. The van der Waals surface area contributed by atoms with Crippen LogP contribution in [-0.2, 0) is 0 Å². The zero-order valence-corrected chi connectivity index (χ0v) is 11.4. The number of aldehydes is 1. The van der Waals surface area contributed by atoms with E-state index < -0.39 is 0 Å². The van der Waals surface area contributed by atoms with Crippen molar-refractivity contribution in [1.82, 2.24) is 9.88 Å². The summed E-state index contributed by atoms with van der Waals surface area (Å²) in [5.41, 5.74) is 1.74. The molecule has 0 saturated carbocycles. The van der Waals surface area contributed by atoms with Crippen molar-refractivity contribution in [3.8, 4) is 0 Å². The van der Waals surface area contributed by atoms with Gasteiger partial charge in [0.25, 0.3) is 0 Å². The van der Waals surface area contributed by atoms with Gasteiger partial charge >= 0.3 is 0 Å². The van der Waals surface area contributed by atoms with E-state index in [4.69, 9.17) is 0 Å². The van der Waals surface area contributed by atoms with Crippen LogP contribution >= 0.6 is 0 Å². The molecule has 4 nitrogen and oxygen atoms in total. The number of carbonyl (C=O) groups is 1. The Bertz CT molecular complexity index is 423. The van der Waals surface area contributed by atoms with Gasteiger partial charge in [0, 0.05) is 30.9 Å². The molecule has 0 radical (unpaired) electrons. The molecular formula is C14H21N3O. The van der Waals surface area contributed by atoms with E-state index in [0.717, 1.165) is 30.8 Å². The van der Waals surface area contributed by atoms with Gasteiger partial charge in [-0.25, -0.2) is 4.98 Å². The van der Waals surface area contributed by atoms with Gasteiger partial charge in [-0.2, -0.15) is 0 Å². The molecule has 4 heteroatoms. The molecule has 0 aromatic carbocycles. The average molecular weight is 247 g/mol. The smallest absolute Gasteiger partial charge is 0.151 e. The molecule has 1 aliphatic rings. The van der Waals surface area contributed by atoms with Crippen LogP contribution in [0.15, 0.2) is 12.3 Å². The van der Waals surface area contributed by atoms with Crippen molar-refractivity contribution >= 4 is 12.1 Å². The van der Waals surface area contributed by atoms with Crippen LogP contribution < -0.4 is 4.90 Å². The summed E-state index contributed by atoms with van der Waals surface area (Å²) >= 11 is 0. The van der Waals surface area contributed by atoms with Crippen LogP contribution in [0.5, 0.6) is 0 Å². The van der Waals surface area contributed by atoms with E-state index >= 15 is 0 Å². The van der Waals surface area contributed by atoms with Gasteiger partial charge in [-0.15, -0.1) is 0 Å². The van der Waals surface area contributed by atoms with Crippen LogP contribution in [0.1, 0.15) is 28.8 Å². The summed E-state index contributed by atoms with van der Waals surface area (Å²) in [5, 5.41) is 0. The molecule has 0 N–H and O–H groups in total. The number of pyridine rings is 1. The average Bonchev–Trinajstić information content (AvgIpc) is 2.38. The third kappa shape index (κ3) is 2.70. The molecule has 0 aliphatic carbocycles. The first kappa shape index (κ1) is 13.0. The highest BCUT2D eigenvalue weighted by Crippen LogP contribution is 2.23. The van der Waals surface area contributed by atoms with Crippen LogP contribution in [0.4, 0.5) is 5.82 Å². The van der Waals surface area contributed by atoms with Crippen LogP contribution in [0, 0.1) is 6.92 Å². The van der Waals surface area contributed by atoms with Gasteiger partial charge < -0.3 is 9.80 Å². The normalized spacial score (nSPS) is 17.2. The largest absolute Gasteiger partial charge is 0.356 e. The van der Waals surface area contributed by atoms with E-state index in [-0.39, 0.29) is 0 Å². The van der Waals surface area contributed by atoms with Crippen LogP contribution in [0.3, 0.4) is 0 Å². The van der Waals surface area contributed by atoms with Gasteiger partial charge in [0.2, 0.25) is 0 Å². The Balaban J connectivity index is 2.07. The van der Waals surface area contributed by atoms with Crippen molar-refractivity contribution in [3.05, 3.63) is 23.4 Å². The fraction of sp³-hybridized carbons (Fsp3) is 0.571. The second-order valence-corrected chi connectivity index (χ2v) is 5.21. The highest BCUT2D eigenvalue weighted by atomic mass is 16.1. The molecule has 0 spiro atoms. The summed E-state index contributed by atoms with van der Waals surface area (Å²) < 4.78 is 0. The van der Waals surface area contributed by atoms with Gasteiger partial charge in [0.05, 0.1) is 0 Å². The summed E-state index contributed by atoms with van der Waals surface area (Å²) in [7, 11) is 4.28. The molecule has 2 heterocycles. The van der Waals surface area contributed by atoms with E-state index in [1.54, 1.807) is 6.20 Å². The molecule has 1 aromatic rings. The second kappa shape index (κ2) is 5.48. The maximum atomic E-state index is 10.7. The minimum absolute atomic E-state index is 0.652. The lowest BCUT2D eigenvalue weighted by Gasteiger charge is -2.36. The number of nitrogens with zero attached hydrogens (tertiary/aromatic N) is 3. The van der Waals surface area contributed by atoms with Crippen LogP contribution in [-0.4, -0.2) is 49.4 Å². The first-order valence-electron chi connectivity index (χ1n) is 6.45. The molecule has 2 rings (SSSR count). The molecule has 0 amide bonds. The Kier molecular flexibility index (Phi) is 3.97. The standard InChI is InChI=1S/C14H21N3O/c1-11-8-12(10-18)9-15-14(11)17-6-4-13(5-7-17)16(2)3/h8-10,13H,4-7H2,1-3H3. The topological polar surface area (TPSA) is 36.4 Å². The van der Waals surface area contributed by atoms with Crippen molar-refractivity contribution in [1.29, 1.82) is 0 Å². The second-order valence-electron chi connectivity index (χ2n) is 5.21. The monoisotopic (exact) mass is 247 g/mol. The number of hydrogen-bond acceptors (Lipinski definition) is 4. The summed E-state index contributed by atoms with van der Waals surface area (Å²) in [6.45, 7) is 4.10. The molecule has 0 bridgehead atoms. The lowest BCUT2D eigenvalue weighted by Crippen LogP contribution is -2.42. The zero-order valence-electron chi connectivity index (χ0n) is 11.4. The first-order valence-corrected chi connectivity index (χ1v) is 6.45. The van der Waals surface area contributed by atoms with E-state index in [2.05, 4.69) is 28.9 Å². The van der Waals surface area contributed by atoms with E-state index in [1.807, 2.05) is 13.0 Å². The van der Waals surface area contributed by atoms with E-state index in [1.165, 1.54) is 12.8 Å². The minimum atomic E-state index is 0.652.